The average molecular weight is 508 g/mol. The third-order valence-electron chi connectivity index (χ3n) is 6.48. The third-order valence-corrected chi connectivity index (χ3v) is 6.48. The number of rotatable bonds is 9. The number of carbonyl (C=O) groups is 1. The van der Waals surface area contributed by atoms with Crippen LogP contribution in [0.15, 0.2) is 41.6 Å². The van der Waals surface area contributed by atoms with Crippen molar-refractivity contribution in [3.05, 3.63) is 47.7 Å². The van der Waals surface area contributed by atoms with Gasteiger partial charge in [0.2, 0.25) is 5.88 Å². The number of hydrogen-bond acceptors (Lipinski definition) is 9. The summed E-state index contributed by atoms with van der Waals surface area (Å²) in [7, 11) is 1.62. The van der Waals surface area contributed by atoms with Crippen molar-refractivity contribution in [3.63, 3.8) is 0 Å². The maximum Gasteiger partial charge on any atom is 0.251 e. The lowest BCUT2D eigenvalue weighted by molar-refractivity contribution is 0.0320. The van der Waals surface area contributed by atoms with Gasteiger partial charge < -0.3 is 29.4 Å². The first-order chi connectivity index (χ1) is 18.2. The summed E-state index contributed by atoms with van der Waals surface area (Å²) in [6.07, 6.45) is 3.63. The highest BCUT2D eigenvalue weighted by molar-refractivity contribution is 6.03. The number of fused-ring (bicyclic) bond motifs is 1. The van der Waals surface area contributed by atoms with Crippen molar-refractivity contribution < 1.29 is 19.0 Å². The second-order valence-corrected chi connectivity index (χ2v) is 8.91. The van der Waals surface area contributed by atoms with Gasteiger partial charge in [-0.2, -0.15) is 10.1 Å². The zero-order valence-electron chi connectivity index (χ0n) is 21.0. The van der Waals surface area contributed by atoms with Crippen molar-refractivity contribution in [1.82, 2.24) is 20.2 Å². The fraction of sp³-hybridized carbons (Fsp3) is 0.423. The summed E-state index contributed by atoms with van der Waals surface area (Å²) in [5.74, 6) is 1.27. The van der Waals surface area contributed by atoms with Crippen LogP contribution in [0.5, 0.6) is 5.88 Å². The number of H-pyrrole nitrogens is 1. The van der Waals surface area contributed by atoms with Crippen LogP contribution in [0.25, 0.3) is 10.9 Å². The fourth-order valence-corrected chi connectivity index (χ4v) is 4.41. The molecule has 11 nitrogen and oxygen atoms in total. The molecule has 0 unspecified atom stereocenters. The van der Waals surface area contributed by atoms with Gasteiger partial charge in [0.25, 0.3) is 5.91 Å². The number of anilines is 2. The first kappa shape index (κ1) is 25.0. The molecule has 0 saturated carbocycles. The normalized spacial score (nSPS) is 16.8. The van der Waals surface area contributed by atoms with Gasteiger partial charge >= 0.3 is 0 Å². The molecule has 1 aromatic carbocycles. The predicted octanol–water partition coefficient (Wildman–Crippen LogP) is 1.92. The Kier molecular flexibility index (Phi) is 8.14. The fourth-order valence-electron chi connectivity index (χ4n) is 4.41. The second-order valence-electron chi connectivity index (χ2n) is 8.91. The van der Waals surface area contributed by atoms with Crippen LogP contribution < -0.4 is 20.4 Å². The van der Waals surface area contributed by atoms with E-state index in [1.807, 2.05) is 30.5 Å². The molecule has 0 spiro atoms. The number of aromatic nitrogens is 2. The molecule has 4 heterocycles. The van der Waals surface area contributed by atoms with Crippen LogP contribution in [0.4, 0.5) is 11.5 Å². The maximum atomic E-state index is 11.9. The molecule has 11 heteroatoms. The Morgan fingerprint density at radius 3 is 2.70 bits per heavy atom. The summed E-state index contributed by atoms with van der Waals surface area (Å²) in [4.78, 5) is 24.4. The summed E-state index contributed by atoms with van der Waals surface area (Å²) in [6, 6.07) is 9.39. The quantitative estimate of drug-likeness (QED) is 0.297. The number of hydrogen-bond donors (Lipinski definition) is 3. The maximum absolute atomic E-state index is 11.9. The van der Waals surface area contributed by atoms with E-state index in [0.717, 1.165) is 73.9 Å². The standard InChI is InChI=1S/C26H33N7O4/c1-27-26(34)19-2-3-22-20(17-28-23(22)14-19)18-29-31-21-15-24(33-7-11-36-12-8-33)30-25(16-21)37-13-6-32-4-9-35-10-5-32/h2-3,14-18,28H,4-13H2,1H3,(H,27,34)(H,30,31). The van der Waals surface area contributed by atoms with Crippen LogP contribution in [-0.2, 0) is 9.47 Å². The highest BCUT2D eigenvalue weighted by Crippen LogP contribution is 2.24. The lowest BCUT2D eigenvalue weighted by atomic mass is 10.1. The highest BCUT2D eigenvalue weighted by atomic mass is 16.5. The van der Waals surface area contributed by atoms with E-state index in [-0.39, 0.29) is 5.91 Å². The van der Waals surface area contributed by atoms with E-state index in [9.17, 15) is 4.79 Å². The van der Waals surface area contributed by atoms with Crippen molar-refractivity contribution in [2.75, 3.05) is 83.1 Å². The van der Waals surface area contributed by atoms with E-state index in [4.69, 9.17) is 19.2 Å². The van der Waals surface area contributed by atoms with Crippen molar-refractivity contribution in [2.45, 2.75) is 0 Å². The SMILES string of the molecule is CNC(=O)c1ccc2c(C=NNc3cc(OCCN4CCOCC4)nc(N4CCOCC4)c3)c[nH]c2c1. The van der Waals surface area contributed by atoms with Gasteiger partial charge in [0, 0.05) is 80.1 Å². The minimum Gasteiger partial charge on any atom is -0.476 e. The summed E-state index contributed by atoms with van der Waals surface area (Å²) >= 11 is 0. The number of nitrogens with one attached hydrogen (secondary N) is 3. The molecule has 2 fully saturated rings. The van der Waals surface area contributed by atoms with Crippen LogP contribution in [0, 0.1) is 0 Å². The number of nitrogens with zero attached hydrogens (tertiary/aromatic N) is 4. The minimum atomic E-state index is -0.120. The number of aromatic amines is 1. The third kappa shape index (κ3) is 6.37. The van der Waals surface area contributed by atoms with Crippen LogP contribution in [0.3, 0.4) is 0 Å². The number of pyridine rings is 1. The summed E-state index contributed by atoms with van der Waals surface area (Å²) in [5.41, 5.74) is 6.31. The molecule has 1 amide bonds. The molecule has 0 bridgehead atoms. The van der Waals surface area contributed by atoms with E-state index in [2.05, 4.69) is 30.6 Å². The van der Waals surface area contributed by atoms with Gasteiger partial charge in [-0.3, -0.25) is 15.1 Å². The number of hydrazone groups is 1. The molecule has 0 aliphatic carbocycles. The van der Waals surface area contributed by atoms with Crippen LogP contribution >= 0.6 is 0 Å². The van der Waals surface area contributed by atoms with Crippen molar-refractivity contribution in [3.8, 4) is 5.88 Å². The summed E-state index contributed by atoms with van der Waals surface area (Å²) in [6.45, 7) is 7.66. The summed E-state index contributed by atoms with van der Waals surface area (Å²) in [5, 5.41) is 8.09. The molecule has 0 atom stereocenters. The Morgan fingerprint density at radius 2 is 1.92 bits per heavy atom. The number of ether oxygens (including phenoxy) is 3. The monoisotopic (exact) mass is 507 g/mol. The van der Waals surface area contributed by atoms with Crippen molar-refractivity contribution in [1.29, 1.82) is 0 Å². The molecule has 2 aromatic heterocycles. The average Bonchev–Trinajstić information content (AvgIpc) is 3.36. The van der Waals surface area contributed by atoms with Gasteiger partial charge in [-0.05, 0) is 12.1 Å². The molecule has 5 rings (SSSR count). The molecule has 0 radical (unpaired) electrons. The van der Waals surface area contributed by atoms with E-state index in [1.165, 1.54) is 0 Å². The molecule has 196 valence electrons. The lowest BCUT2D eigenvalue weighted by Crippen LogP contribution is -2.38. The van der Waals surface area contributed by atoms with Gasteiger partial charge in [0.1, 0.15) is 12.4 Å². The van der Waals surface area contributed by atoms with Crippen molar-refractivity contribution >= 4 is 34.5 Å². The molecule has 2 aliphatic heterocycles. The topological polar surface area (TPSA) is 116 Å². The number of carbonyl (C=O) groups excluding carboxylic acids is 1. The van der Waals surface area contributed by atoms with Crippen LogP contribution in [0.2, 0.25) is 0 Å². The first-order valence-electron chi connectivity index (χ1n) is 12.6. The Labute approximate surface area is 215 Å². The van der Waals surface area contributed by atoms with Crippen LogP contribution in [-0.4, -0.2) is 99.8 Å². The smallest absolute Gasteiger partial charge is 0.251 e. The molecule has 2 saturated heterocycles. The number of morpholine rings is 2. The molecule has 3 N–H and O–H groups in total. The highest BCUT2D eigenvalue weighted by Gasteiger charge is 2.16. The molecule has 3 aromatic rings. The molecular weight excluding hydrogens is 474 g/mol. The minimum absolute atomic E-state index is 0.120. The molecule has 37 heavy (non-hydrogen) atoms. The van der Waals surface area contributed by atoms with Gasteiger partial charge in [0.15, 0.2) is 0 Å². The predicted molar refractivity (Wildman–Crippen MR) is 143 cm³/mol. The first-order valence-corrected chi connectivity index (χ1v) is 12.6. The Hall–Kier alpha value is -3.67. The van der Waals surface area contributed by atoms with Gasteiger partial charge in [0.05, 0.1) is 38.3 Å². The van der Waals surface area contributed by atoms with Gasteiger partial charge in [-0.1, -0.05) is 6.07 Å². The van der Waals surface area contributed by atoms with E-state index in [0.29, 0.717) is 31.3 Å². The van der Waals surface area contributed by atoms with Gasteiger partial charge in [-0.25, -0.2) is 0 Å². The van der Waals surface area contributed by atoms with E-state index < -0.39 is 0 Å². The number of benzene rings is 1. The Bertz CT molecular complexity index is 1230. The van der Waals surface area contributed by atoms with E-state index >= 15 is 0 Å². The Balaban J connectivity index is 1.28. The van der Waals surface area contributed by atoms with Crippen molar-refractivity contribution in [2.24, 2.45) is 5.10 Å². The number of amides is 1. The van der Waals surface area contributed by atoms with Gasteiger partial charge in [-0.15, -0.1) is 0 Å². The largest absolute Gasteiger partial charge is 0.476 e. The summed E-state index contributed by atoms with van der Waals surface area (Å²) < 4.78 is 17.0. The zero-order chi connectivity index (χ0) is 25.5. The zero-order valence-corrected chi connectivity index (χ0v) is 21.0. The Morgan fingerprint density at radius 1 is 1.14 bits per heavy atom. The second kappa shape index (κ2) is 12.0. The van der Waals surface area contributed by atoms with E-state index in [1.54, 1.807) is 19.3 Å². The molecule has 2 aliphatic rings. The van der Waals surface area contributed by atoms with Crippen LogP contribution in [0.1, 0.15) is 15.9 Å². The molecular formula is C26H33N7O4. The lowest BCUT2D eigenvalue weighted by Gasteiger charge is -2.28.